The molecule has 0 spiro atoms. The Hall–Kier alpha value is -3.54. The predicted octanol–water partition coefficient (Wildman–Crippen LogP) is 4.67. The molecular weight excluding hydrogens is 354 g/mol. The Balaban J connectivity index is 2.08. The van der Waals surface area contributed by atoms with Crippen molar-refractivity contribution in [3.05, 3.63) is 92.8 Å². The molecule has 2 aromatic carbocycles. The summed E-state index contributed by atoms with van der Waals surface area (Å²) in [6.45, 7) is 1.59. The lowest BCUT2D eigenvalue weighted by molar-refractivity contribution is 0.482. The van der Waals surface area contributed by atoms with E-state index in [0.717, 1.165) is 0 Å². The first-order chi connectivity index (χ1) is 12.9. The van der Waals surface area contributed by atoms with Gasteiger partial charge < -0.3 is 8.83 Å². The number of hydrogen-bond donors (Lipinski definition) is 0. The summed E-state index contributed by atoms with van der Waals surface area (Å²) in [6, 6.07) is 12.6. The molecule has 4 nitrogen and oxygen atoms in total. The van der Waals surface area contributed by atoms with Gasteiger partial charge in [-0.25, -0.2) is 18.4 Å². The van der Waals surface area contributed by atoms with Crippen molar-refractivity contribution in [3.8, 4) is 22.5 Å². The average molecular weight is 366 g/mol. The van der Waals surface area contributed by atoms with Crippen molar-refractivity contribution in [2.75, 3.05) is 0 Å². The Kier molecular flexibility index (Phi) is 3.96. The van der Waals surface area contributed by atoms with Crippen molar-refractivity contribution in [1.82, 2.24) is 0 Å². The van der Waals surface area contributed by atoms with E-state index in [1.807, 2.05) is 0 Å². The molecule has 0 fully saturated rings. The minimum Gasteiger partial charge on any atom is -0.427 e. The molecule has 0 aliphatic carbocycles. The molecule has 0 amide bonds. The molecule has 2 heterocycles. The summed E-state index contributed by atoms with van der Waals surface area (Å²) in [7, 11) is 0. The van der Waals surface area contributed by atoms with Gasteiger partial charge in [0.1, 0.15) is 23.2 Å². The van der Waals surface area contributed by atoms with Crippen LogP contribution in [0.2, 0.25) is 0 Å². The van der Waals surface area contributed by atoms with E-state index in [4.69, 9.17) is 8.83 Å². The summed E-state index contributed by atoms with van der Waals surface area (Å²) in [4.78, 5) is 24.7. The average Bonchev–Trinajstić information content (AvgIpc) is 2.63. The van der Waals surface area contributed by atoms with Crippen molar-refractivity contribution < 1.29 is 17.6 Å². The molecular formula is C21H12F2O4. The molecule has 0 unspecified atom stereocenters. The van der Waals surface area contributed by atoms with Crippen LogP contribution < -0.4 is 11.3 Å². The second-order valence-corrected chi connectivity index (χ2v) is 6.02. The van der Waals surface area contributed by atoms with Crippen LogP contribution >= 0.6 is 0 Å². The number of hydrogen-bond acceptors (Lipinski definition) is 4. The fourth-order valence-electron chi connectivity index (χ4n) is 3.05. The Morgan fingerprint density at radius 1 is 0.741 bits per heavy atom. The number of rotatable bonds is 2. The van der Waals surface area contributed by atoms with Gasteiger partial charge in [0.05, 0.1) is 0 Å². The number of aryl methyl sites for hydroxylation is 1. The minimum absolute atomic E-state index is 0.181. The zero-order valence-electron chi connectivity index (χ0n) is 14.1. The maximum absolute atomic E-state index is 13.3. The van der Waals surface area contributed by atoms with E-state index < -0.39 is 22.9 Å². The first-order valence-corrected chi connectivity index (χ1v) is 8.07. The van der Waals surface area contributed by atoms with Crippen LogP contribution in [0.15, 0.2) is 73.0 Å². The molecule has 0 saturated heterocycles. The van der Waals surface area contributed by atoms with Crippen molar-refractivity contribution in [2.24, 2.45) is 0 Å². The summed E-state index contributed by atoms with van der Waals surface area (Å²) >= 11 is 0. The SMILES string of the molecule is Cc1oc(=O)c2c(=O)oc(-c3ccc(F)cc3)cc2c1-c1ccc(F)cc1. The molecule has 0 saturated carbocycles. The van der Waals surface area contributed by atoms with Crippen LogP contribution in [-0.2, 0) is 0 Å². The third kappa shape index (κ3) is 2.95. The summed E-state index contributed by atoms with van der Waals surface area (Å²) < 4.78 is 36.9. The first-order valence-electron chi connectivity index (χ1n) is 8.07. The van der Waals surface area contributed by atoms with E-state index in [9.17, 15) is 18.4 Å². The Labute approximate surface area is 151 Å². The van der Waals surface area contributed by atoms with Crippen molar-refractivity contribution >= 4 is 10.8 Å². The standard InChI is InChI=1S/C21H12F2O4/c1-11-18(13-4-8-15(23)9-5-13)16-10-17(12-2-6-14(22)7-3-12)27-21(25)19(16)20(24)26-11/h2-10H,1H3. The lowest BCUT2D eigenvalue weighted by Crippen LogP contribution is -2.13. The molecule has 4 aromatic rings. The fraction of sp³-hybridized carbons (Fsp3) is 0.0476. The number of fused-ring (bicyclic) bond motifs is 1. The van der Waals surface area contributed by atoms with E-state index >= 15 is 0 Å². The molecule has 27 heavy (non-hydrogen) atoms. The summed E-state index contributed by atoms with van der Waals surface area (Å²) in [5.74, 6) is -0.370. The molecule has 6 heteroatoms. The molecule has 2 aromatic heterocycles. The van der Waals surface area contributed by atoms with Crippen LogP contribution in [0, 0.1) is 18.6 Å². The normalized spacial score (nSPS) is 11.1. The number of halogens is 2. The second kappa shape index (κ2) is 6.32. The van der Waals surface area contributed by atoms with Gasteiger partial charge in [-0.3, -0.25) is 0 Å². The van der Waals surface area contributed by atoms with Gasteiger partial charge in [-0.1, -0.05) is 12.1 Å². The van der Waals surface area contributed by atoms with E-state index in [1.54, 1.807) is 6.92 Å². The topological polar surface area (TPSA) is 60.4 Å². The Morgan fingerprint density at radius 3 is 1.85 bits per heavy atom. The fourth-order valence-corrected chi connectivity index (χ4v) is 3.05. The third-order valence-electron chi connectivity index (χ3n) is 4.28. The number of benzene rings is 2. The van der Waals surface area contributed by atoms with E-state index in [2.05, 4.69) is 0 Å². The predicted molar refractivity (Wildman–Crippen MR) is 96.5 cm³/mol. The summed E-state index contributed by atoms with van der Waals surface area (Å²) in [5.41, 5.74) is -0.123. The van der Waals surface area contributed by atoms with E-state index in [1.165, 1.54) is 54.6 Å². The highest BCUT2D eigenvalue weighted by Gasteiger charge is 2.18. The third-order valence-corrected chi connectivity index (χ3v) is 4.28. The van der Waals surface area contributed by atoms with Crippen LogP contribution in [0.3, 0.4) is 0 Å². The highest BCUT2D eigenvalue weighted by Crippen LogP contribution is 2.32. The zero-order valence-corrected chi connectivity index (χ0v) is 14.1. The van der Waals surface area contributed by atoms with Gasteiger partial charge in [0, 0.05) is 16.5 Å². The maximum Gasteiger partial charge on any atom is 0.351 e. The lowest BCUT2D eigenvalue weighted by atomic mass is 9.98. The van der Waals surface area contributed by atoms with Gasteiger partial charge in [-0.15, -0.1) is 0 Å². The first kappa shape index (κ1) is 16.9. The monoisotopic (exact) mass is 366 g/mol. The smallest absolute Gasteiger partial charge is 0.351 e. The van der Waals surface area contributed by atoms with E-state index in [-0.39, 0.29) is 16.9 Å². The molecule has 0 bridgehead atoms. The van der Waals surface area contributed by atoms with E-state index in [0.29, 0.717) is 22.1 Å². The van der Waals surface area contributed by atoms with Crippen LogP contribution in [0.25, 0.3) is 33.2 Å². The molecule has 4 rings (SSSR count). The van der Waals surface area contributed by atoms with Gasteiger partial charge in [0.15, 0.2) is 5.39 Å². The van der Waals surface area contributed by atoms with Crippen molar-refractivity contribution in [3.63, 3.8) is 0 Å². The Bertz CT molecular complexity index is 1270. The van der Waals surface area contributed by atoms with Crippen LogP contribution in [0.5, 0.6) is 0 Å². The molecule has 0 radical (unpaired) electrons. The summed E-state index contributed by atoms with van der Waals surface area (Å²) in [6.07, 6.45) is 0. The molecule has 0 aliphatic rings. The van der Waals surface area contributed by atoms with Crippen LogP contribution in [-0.4, -0.2) is 0 Å². The van der Waals surface area contributed by atoms with Gasteiger partial charge in [0.2, 0.25) is 0 Å². The highest BCUT2D eigenvalue weighted by atomic mass is 19.1. The molecule has 0 N–H and O–H groups in total. The van der Waals surface area contributed by atoms with Gasteiger partial charge in [0.25, 0.3) is 0 Å². The molecule has 0 atom stereocenters. The van der Waals surface area contributed by atoms with Crippen LogP contribution in [0.1, 0.15) is 5.76 Å². The lowest BCUT2D eigenvalue weighted by Gasteiger charge is -2.10. The van der Waals surface area contributed by atoms with Gasteiger partial charge >= 0.3 is 11.3 Å². The van der Waals surface area contributed by atoms with Gasteiger partial charge in [-0.05, 0) is 55.0 Å². The van der Waals surface area contributed by atoms with Gasteiger partial charge in [-0.2, -0.15) is 0 Å². The Morgan fingerprint density at radius 2 is 1.26 bits per heavy atom. The van der Waals surface area contributed by atoms with Crippen molar-refractivity contribution in [2.45, 2.75) is 6.92 Å². The second-order valence-electron chi connectivity index (χ2n) is 6.02. The highest BCUT2D eigenvalue weighted by molar-refractivity contribution is 5.97. The quantitative estimate of drug-likeness (QED) is 0.517. The molecule has 0 aliphatic heterocycles. The summed E-state index contributed by atoms with van der Waals surface area (Å²) in [5, 5.41) is 0.0942. The van der Waals surface area contributed by atoms with Crippen molar-refractivity contribution in [1.29, 1.82) is 0 Å². The molecule has 134 valence electrons. The van der Waals surface area contributed by atoms with Crippen LogP contribution in [0.4, 0.5) is 8.78 Å². The largest absolute Gasteiger partial charge is 0.427 e. The maximum atomic E-state index is 13.3. The zero-order chi connectivity index (χ0) is 19.1. The minimum atomic E-state index is -0.857.